The van der Waals surface area contributed by atoms with Gasteiger partial charge < -0.3 is 14.5 Å². The molecular formula is C20H24N2O4S2. The molecular weight excluding hydrogens is 396 g/mol. The highest BCUT2D eigenvalue weighted by molar-refractivity contribution is 7.91. The number of morpholine rings is 1. The van der Waals surface area contributed by atoms with Gasteiger partial charge in [-0.15, -0.1) is 11.3 Å². The monoisotopic (exact) mass is 420 g/mol. The van der Waals surface area contributed by atoms with Crippen molar-refractivity contribution in [1.82, 2.24) is 4.90 Å². The van der Waals surface area contributed by atoms with Gasteiger partial charge in [0.1, 0.15) is 0 Å². The molecule has 1 amide bonds. The summed E-state index contributed by atoms with van der Waals surface area (Å²) in [6.07, 6.45) is 0.445. The van der Waals surface area contributed by atoms with E-state index in [1.165, 1.54) is 11.3 Å². The number of benzene rings is 1. The van der Waals surface area contributed by atoms with Gasteiger partial charge in [0.25, 0.3) is 5.91 Å². The summed E-state index contributed by atoms with van der Waals surface area (Å²) in [6, 6.07) is 11.3. The summed E-state index contributed by atoms with van der Waals surface area (Å²) in [4.78, 5) is 17.7. The van der Waals surface area contributed by atoms with Crippen LogP contribution in [0.15, 0.2) is 41.8 Å². The first-order valence-electron chi connectivity index (χ1n) is 9.51. The van der Waals surface area contributed by atoms with Crippen molar-refractivity contribution in [2.24, 2.45) is 0 Å². The van der Waals surface area contributed by atoms with Crippen LogP contribution in [-0.2, 0) is 14.6 Å². The number of sulfone groups is 1. The van der Waals surface area contributed by atoms with E-state index in [2.05, 4.69) is 4.90 Å². The van der Waals surface area contributed by atoms with Gasteiger partial charge in [-0.25, -0.2) is 8.42 Å². The number of carbonyl (C=O) groups is 1. The van der Waals surface area contributed by atoms with Crippen LogP contribution in [0.5, 0.6) is 0 Å². The predicted molar refractivity (Wildman–Crippen MR) is 111 cm³/mol. The van der Waals surface area contributed by atoms with Gasteiger partial charge in [-0.05, 0) is 42.1 Å². The molecule has 0 saturated carbocycles. The van der Waals surface area contributed by atoms with Crippen LogP contribution in [0.3, 0.4) is 0 Å². The molecule has 4 rings (SSSR count). The molecule has 0 radical (unpaired) electrons. The molecule has 1 aromatic heterocycles. The largest absolute Gasteiger partial charge is 0.378 e. The first-order valence-corrected chi connectivity index (χ1v) is 12.1. The molecule has 0 spiro atoms. The molecule has 2 aliphatic rings. The van der Waals surface area contributed by atoms with Crippen LogP contribution in [-0.4, -0.2) is 64.4 Å². The lowest BCUT2D eigenvalue weighted by atomic mass is 10.1. The molecule has 3 heterocycles. The average Bonchev–Trinajstić information content (AvgIpc) is 3.19. The third-order valence-corrected chi connectivity index (χ3v) is 8.62. The predicted octanol–water partition coefficient (Wildman–Crippen LogP) is 2.59. The van der Waals surface area contributed by atoms with Crippen LogP contribution in [0.4, 0.5) is 5.69 Å². The lowest BCUT2D eigenvalue weighted by Crippen LogP contribution is -2.36. The van der Waals surface area contributed by atoms with E-state index in [0.29, 0.717) is 31.7 Å². The van der Waals surface area contributed by atoms with E-state index < -0.39 is 15.1 Å². The van der Waals surface area contributed by atoms with Crippen LogP contribution >= 0.6 is 11.3 Å². The van der Waals surface area contributed by atoms with E-state index in [4.69, 9.17) is 4.74 Å². The second-order valence-electron chi connectivity index (χ2n) is 7.10. The minimum atomic E-state index is -3.25. The number of anilines is 1. The minimum absolute atomic E-state index is 0.00711. The second-order valence-corrected chi connectivity index (χ2v) is 10.4. The average molecular weight is 421 g/mol. The van der Waals surface area contributed by atoms with Gasteiger partial charge in [-0.1, -0.05) is 6.07 Å². The summed E-state index contributed by atoms with van der Waals surface area (Å²) in [5, 5.41) is 1.39. The summed E-state index contributed by atoms with van der Waals surface area (Å²) in [5.74, 6) is -0.0942. The molecule has 2 saturated heterocycles. The quantitative estimate of drug-likeness (QED) is 0.764. The molecule has 6 nitrogen and oxygen atoms in total. The van der Waals surface area contributed by atoms with Crippen molar-refractivity contribution in [3.63, 3.8) is 0 Å². The van der Waals surface area contributed by atoms with Crippen LogP contribution in [0.25, 0.3) is 0 Å². The number of carbonyl (C=O) groups excluding carboxylic acids is 1. The van der Waals surface area contributed by atoms with Crippen LogP contribution < -0.4 is 4.90 Å². The standard InChI is InChI=1S/C20H24N2O4S2/c23-20(16-3-5-17(6-4-16)21-9-12-26-13-10-21)22-8-7-19(18-2-1-14-27-18)28(24,25)15-11-22/h1-6,14,19H,7-13,15H2. The van der Waals surface area contributed by atoms with E-state index in [-0.39, 0.29) is 18.2 Å². The summed E-state index contributed by atoms with van der Waals surface area (Å²) in [5.41, 5.74) is 1.68. The van der Waals surface area contributed by atoms with Crippen molar-refractivity contribution in [3.8, 4) is 0 Å². The first-order chi connectivity index (χ1) is 13.5. The number of nitrogens with zero attached hydrogens (tertiary/aromatic N) is 2. The third kappa shape index (κ3) is 4.09. The fourth-order valence-electron chi connectivity index (χ4n) is 3.76. The van der Waals surface area contributed by atoms with Gasteiger partial charge in [-0.3, -0.25) is 4.79 Å². The number of ether oxygens (including phenoxy) is 1. The summed E-state index contributed by atoms with van der Waals surface area (Å²) < 4.78 is 30.7. The molecule has 0 bridgehead atoms. The minimum Gasteiger partial charge on any atom is -0.378 e. The second kappa shape index (κ2) is 8.23. The Hall–Kier alpha value is -1.90. The normalized spacial score (nSPS) is 22.6. The molecule has 2 aliphatic heterocycles. The Bertz CT molecular complexity index is 904. The maximum absolute atomic E-state index is 12.9. The Kier molecular flexibility index (Phi) is 5.70. The zero-order chi connectivity index (χ0) is 19.6. The first kappa shape index (κ1) is 19.4. The zero-order valence-corrected chi connectivity index (χ0v) is 17.3. The molecule has 2 fully saturated rings. The highest BCUT2D eigenvalue weighted by atomic mass is 32.2. The Morgan fingerprint density at radius 3 is 2.46 bits per heavy atom. The summed E-state index contributed by atoms with van der Waals surface area (Å²) in [6.45, 7) is 3.82. The fraction of sp³-hybridized carbons (Fsp3) is 0.450. The number of thiophene rings is 1. The van der Waals surface area contributed by atoms with Gasteiger partial charge in [0, 0.05) is 42.3 Å². The van der Waals surface area contributed by atoms with Crippen molar-refractivity contribution in [3.05, 3.63) is 52.2 Å². The highest BCUT2D eigenvalue weighted by Crippen LogP contribution is 2.32. The molecule has 1 aromatic carbocycles. The SMILES string of the molecule is O=C(c1ccc(N2CCOCC2)cc1)N1CCC(c2cccs2)S(=O)(=O)CC1. The Balaban J connectivity index is 1.46. The molecule has 0 aliphatic carbocycles. The lowest BCUT2D eigenvalue weighted by molar-refractivity contribution is 0.0766. The van der Waals surface area contributed by atoms with E-state index in [9.17, 15) is 13.2 Å². The van der Waals surface area contributed by atoms with Gasteiger partial charge >= 0.3 is 0 Å². The van der Waals surface area contributed by atoms with Crippen molar-refractivity contribution >= 4 is 32.8 Å². The van der Waals surface area contributed by atoms with Gasteiger partial charge in [0.05, 0.1) is 24.2 Å². The topological polar surface area (TPSA) is 66.9 Å². The maximum Gasteiger partial charge on any atom is 0.253 e. The van der Waals surface area contributed by atoms with E-state index in [1.807, 2.05) is 41.8 Å². The zero-order valence-electron chi connectivity index (χ0n) is 15.6. The lowest BCUT2D eigenvalue weighted by Gasteiger charge is -2.29. The molecule has 1 atom stereocenters. The smallest absolute Gasteiger partial charge is 0.253 e. The van der Waals surface area contributed by atoms with Gasteiger partial charge in [0.2, 0.25) is 0 Å². The molecule has 1 unspecified atom stereocenters. The van der Waals surface area contributed by atoms with Crippen molar-refractivity contribution < 1.29 is 17.9 Å². The van der Waals surface area contributed by atoms with Crippen molar-refractivity contribution in [2.75, 3.05) is 50.0 Å². The Morgan fingerprint density at radius 2 is 1.79 bits per heavy atom. The number of rotatable bonds is 3. The highest BCUT2D eigenvalue weighted by Gasteiger charge is 2.33. The van der Waals surface area contributed by atoms with E-state index in [0.717, 1.165) is 23.7 Å². The third-order valence-electron chi connectivity index (χ3n) is 5.38. The van der Waals surface area contributed by atoms with Crippen LogP contribution in [0.1, 0.15) is 26.9 Å². The molecule has 28 heavy (non-hydrogen) atoms. The van der Waals surface area contributed by atoms with Gasteiger partial charge in [-0.2, -0.15) is 0 Å². The summed E-state index contributed by atoms with van der Waals surface area (Å²) in [7, 11) is -3.25. The molecule has 2 aromatic rings. The van der Waals surface area contributed by atoms with E-state index >= 15 is 0 Å². The van der Waals surface area contributed by atoms with Crippen molar-refractivity contribution in [1.29, 1.82) is 0 Å². The van der Waals surface area contributed by atoms with Gasteiger partial charge in [0.15, 0.2) is 9.84 Å². The number of amides is 1. The molecule has 150 valence electrons. The molecule has 8 heteroatoms. The maximum atomic E-state index is 12.9. The van der Waals surface area contributed by atoms with E-state index in [1.54, 1.807) is 4.90 Å². The van der Waals surface area contributed by atoms with Crippen LogP contribution in [0.2, 0.25) is 0 Å². The summed E-state index contributed by atoms with van der Waals surface area (Å²) >= 11 is 1.47. The Morgan fingerprint density at radius 1 is 1.04 bits per heavy atom. The van der Waals surface area contributed by atoms with Crippen LogP contribution in [0, 0.1) is 0 Å². The number of hydrogen-bond donors (Lipinski definition) is 0. The number of hydrogen-bond acceptors (Lipinski definition) is 6. The fourth-order valence-corrected chi connectivity index (χ4v) is 6.76. The molecule has 0 N–H and O–H groups in total. The van der Waals surface area contributed by atoms with Crippen molar-refractivity contribution in [2.45, 2.75) is 11.7 Å². The Labute approximate surface area is 169 Å².